The lowest BCUT2D eigenvalue weighted by molar-refractivity contribution is 0.0920. The topological polar surface area (TPSA) is 94.9 Å². The number of pyridine rings is 2. The second-order valence-corrected chi connectivity index (χ2v) is 7.62. The van der Waals surface area contributed by atoms with E-state index in [0.29, 0.717) is 30.2 Å². The molecule has 0 fully saturated rings. The number of nitrogens with one attached hydrogen (secondary N) is 1. The lowest BCUT2D eigenvalue weighted by Gasteiger charge is -2.07. The molecule has 0 unspecified atom stereocenters. The van der Waals surface area contributed by atoms with Gasteiger partial charge < -0.3 is 14.3 Å². The van der Waals surface area contributed by atoms with Gasteiger partial charge in [0.15, 0.2) is 5.76 Å². The van der Waals surface area contributed by atoms with Crippen LogP contribution < -0.4 is 10.9 Å². The van der Waals surface area contributed by atoms with Gasteiger partial charge in [-0.3, -0.25) is 14.6 Å². The van der Waals surface area contributed by atoms with Crippen LogP contribution in [0.25, 0.3) is 11.3 Å². The first kappa shape index (κ1) is 21.1. The molecular formula is C26H21N5O3. The highest BCUT2D eigenvalue weighted by molar-refractivity contribution is 5.95. The smallest absolute Gasteiger partial charge is 0.315 e. The van der Waals surface area contributed by atoms with E-state index in [4.69, 9.17) is 4.42 Å². The van der Waals surface area contributed by atoms with Gasteiger partial charge >= 0.3 is 5.91 Å². The molecule has 0 aliphatic heterocycles. The van der Waals surface area contributed by atoms with Crippen LogP contribution in [0.5, 0.6) is 0 Å². The molecule has 8 heteroatoms. The van der Waals surface area contributed by atoms with Gasteiger partial charge in [-0.05, 0) is 42.0 Å². The third-order valence-electron chi connectivity index (χ3n) is 5.30. The molecule has 4 heterocycles. The number of furan rings is 1. The average Bonchev–Trinajstić information content (AvgIpc) is 3.56. The molecule has 0 atom stereocenters. The molecule has 1 N–H and O–H groups in total. The Morgan fingerprint density at radius 2 is 1.82 bits per heavy atom. The maximum Gasteiger partial charge on any atom is 0.315 e. The van der Waals surface area contributed by atoms with Gasteiger partial charge in [0, 0.05) is 25.0 Å². The van der Waals surface area contributed by atoms with Crippen LogP contribution >= 0.6 is 0 Å². The van der Waals surface area contributed by atoms with Crippen LogP contribution in [0.1, 0.15) is 21.8 Å². The van der Waals surface area contributed by atoms with E-state index in [9.17, 15) is 9.59 Å². The van der Waals surface area contributed by atoms with Crippen molar-refractivity contribution in [3.05, 3.63) is 125 Å². The molecule has 0 saturated heterocycles. The van der Waals surface area contributed by atoms with Gasteiger partial charge in [0.25, 0.3) is 5.56 Å². The van der Waals surface area contributed by atoms with Crippen LogP contribution in [0.15, 0.2) is 107 Å². The maximum atomic E-state index is 13.2. The van der Waals surface area contributed by atoms with Crippen LogP contribution in [0.4, 0.5) is 5.82 Å². The van der Waals surface area contributed by atoms with Crippen molar-refractivity contribution in [1.29, 1.82) is 0 Å². The zero-order chi connectivity index (χ0) is 23.3. The Hall–Kier alpha value is -4.72. The van der Waals surface area contributed by atoms with Gasteiger partial charge in [-0.1, -0.05) is 36.4 Å². The summed E-state index contributed by atoms with van der Waals surface area (Å²) < 4.78 is 8.08. The van der Waals surface area contributed by atoms with E-state index in [1.54, 1.807) is 47.3 Å². The van der Waals surface area contributed by atoms with Crippen LogP contribution in [-0.2, 0) is 13.1 Å². The van der Waals surface area contributed by atoms with E-state index < -0.39 is 5.91 Å². The highest BCUT2D eigenvalue weighted by Crippen LogP contribution is 2.21. The number of anilines is 1. The van der Waals surface area contributed by atoms with Crippen LogP contribution in [0.2, 0.25) is 0 Å². The van der Waals surface area contributed by atoms with Gasteiger partial charge in [-0.2, -0.15) is 9.78 Å². The molecule has 0 spiro atoms. The monoisotopic (exact) mass is 451 g/mol. The Labute approximate surface area is 195 Å². The maximum absolute atomic E-state index is 13.2. The van der Waals surface area contributed by atoms with E-state index in [0.717, 1.165) is 11.3 Å². The molecule has 0 bridgehead atoms. The Kier molecular flexibility index (Phi) is 5.85. The molecule has 168 valence electrons. The van der Waals surface area contributed by atoms with Gasteiger partial charge in [0.05, 0.1) is 24.1 Å². The predicted octanol–water partition coefficient (Wildman–Crippen LogP) is 4.05. The molecule has 1 aromatic carbocycles. The van der Waals surface area contributed by atoms with Crippen LogP contribution in [-0.4, -0.2) is 25.2 Å². The van der Waals surface area contributed by atoms with E-state index in [2.05, 4.69) is 15.4 Å². The molecule has 0 radical (unpaired) electrons. The number of nitrogens with zero attached hydrogens (tertiary/aromatic N) is 4. The lowest BCUT2D eigenvalue weighted by Crippen LogP contribution is -2.22. The molecule has 5 aromatic rings. The molecule has 5 rings (SSSR count). The van der Waals surface area contributed by atoms with Crippen molar-refractivity contribution in [3.63, 3.8) is 0 Å². The summed E-state index contributed by atoms with van der Waals surface area (Å²) >= 11 is 0. The number of rotatable bonds is 7. The number of carbonyl (C=O) groups is 1. The molecule has 0 aliphatic rings. The summed E-state index contributed by atoms with van der Waals surface area (Å²) in [6.45, 7) is 0.814. The van der Waals surface area contributed by atoms with Crippen molar-refractivity contribution in [2.45, 2.75) is 13.1 Å². The molecule has 0 saturated carbocycles. The number of hydrogen-bond donors (Lipinski definition) is 1. The predicted molar refractivity (Wildman–Crippen MR) is 127 cm³/mol. The zero-order valence-electron chi connectivity index (χ0n) is 18.2. The summed E-state index contributed by atoms with van der Waals surface area (Å²) in [5.41, 5.74) is 2.35. The van der Waals surface area contributed by atoms with E-state index >= 15 is 0 Å². The molecule has 4 aromatic heterocycles. The van der Waals surface area contributed by atoms with Crippen molar-refractivity contribution < 1.29 is 9.21 Å². The fourth-order valence-corrected chi connectivity index (χ4v) is 3.61. The number of carbonyl (C=O) groups excluding carboxylic acids is 1. The highest BCUT2D eigenvalue weighted by atomic mass is 16.3. The highest BCUT2D eigenvalue weighted by Gasteiger charge is 2.20. The van der Waals surface area contributed by atoms with Crippen molar-refractivity contribution in [2.75, 3.05) is 5.32 Å². The van der Waals surface area contributed by atoms with E-state index in [1.807, 2.05) is 48.5 Å². The van der Waals surface area contributed by atoms with Gasteiger partial charge in [0.1, 0.15) is 11.5 Å². The number of hydrogen-bond acceptors (Lipinski definition) is 6. The minimum atomic E-state index is -0.434. The first-order valence-corrected chi connectivity index (χ1v) is 10.7. The second kappa shape index (κ2) is 9.41. The first-order valence-electron chi connectivity index (χ1n) is 10.7. The third-order valence-corrected chi connectivity index (χ3v) is 5.30. The summed E-state index contributed by atoms with van der Waals surface area (Å²) in [5, 5.41) is 7.73. The van der Waals surface area contributed by atoms with E-state index in [1.165, 1.54) is 10.9 Å². The van der Waals surface area contributed by atoms with Crippen molar-refractivity contribution in [2.24, 2.45) is 0 Å². The number of aromatic nitrogens is 4. The summed E-state index contributed by atoms with van der Waals surface area (Å²) in [4.78, 5) is 30.6. The normalized spacial score (nSPS) is 10.8. The average molecular weight is 451 g/mol. The fraction of sp³-hybridized carbons (Fsp3) is 0.0769. The van der Waals surface area contributed by atoms with Crippen molar-refractivity contribution in [3.8, 4) is 11.3 Å². The Morgan fingerprint density at radius 1 is 0.971 bits per heavy atom. The molecule has 34 heavy (non-hydrogen) atoms. The third kappa shape index (κ3) is 4.42. The summed E-state index contributed by atoms with van der Waals surface area (Å²) in [6.07, 6.45) is 4.83. The quantitative estimate of drug-likeness (QED) is 0.401. The second-order valence-electron chi connectivity index (χ2n) is 7.62. The molecule has 8 nitrogen and oxygen atoms in total. The summed E-state index contributed by atoms with van der Waals surface area (Å²) in [5.74, 6) is 0.175. The van der Waals surface area contributed by atoms with Crippen LogP contribution in [0.3, 0.4) is 0 Å². The standard InChI is InChI=1S/C26H21N5O3/c32-25-21(11-6-14-30(25)18-20-10-4-5-13-27-20)22-16-24(28-17-19-8-2-1-3-9-19)31(29-22)26(33)23-12-7-15-34-23/h1-16,28H,17-18H2. The minimum absolute atomic E-state index is 0.151. The largest absolute Gasteiger partial charge is 0.459 e. The Balaban J connectivity index is 1.51. The van der Waals surface area contributed by atoms with Crippen molar-refractivity contribution in [1.82, 2.24) is 19.3 Å². The van der Waals surface area contributed by atoms with Crippen LogP contribution in [0, 0.1) is 0 Å². The first-order chi connectivity index (χ1) is 16.7. The SMILES string of the molecule is O=C(c1ccco1)n1nc(-c2cccn(Cc3ccccn3)c2=O)cc1NCc1ccccc1. The molecule has 0 aliphatic carbocycles. The van der Waals surface area contributed by atoms with E-state index in [-0.39, 0.29) is 11.3 Å². The van der Waals surface area contributed by atoms with Crippen molar-refractivity contribution >= 4 is 11.7 Å². The zero-order valence-corrected chi connectivity index (χ0v) is 18.2. The fourth-order valence-electron chi connectivity index (χ4n) is 3.61. The van der Waals surface area contributed by atoms with Gasteiger partial charge in [-0.25, -0.2) is 0 Å². The molecular weight excluding hydrogens is 430 g/mol. The Bertz CT molecular complexity index is 1460. The van der Waals surface area contributed by atoms with Gasteiger partial charge in [0.2, 0.25) is 0 Å². The number of benzene rings is 1. The summed E-state index contributed by atoms with van der Waals surface area (Å²) in [6, 6.07) is 23.8. The lowest BCUT2D eigenvalue weighted by atomic mass is 10.2. The van der Waals surface area contributed by atoms with Gasteiger partial charge in [-0.15, -0.1) is 0 Å². The summed E-state index contributed by atoms with van der Waals surface area (Å²) in [7, 11) is 0. The minimum Gasteiger partial charge on any atom is -0.459 e. The molecule has 0 amide bonds. The Morgan fingerprint density at radius 3 is 2.59 bits per heavy atom.